The molecule has 2 heterocycles. The quantitative estimate of drug-likeness (QED) is 0.894. The second-order valence-corrected chi connectivity index (χ2v) is 3.24. The van der Waals surface area contributed by atoms with Gasteiger partial charge in [0.2, 0.25) is 11.7 Å². The normalized spacial score (nSPS) is 11.9. The maximum Gasteiger partial charge on any atom is 0.401 e. The van der Waals surface area contributed by atoms with Gasteiger partial charge in [0.05, 0.1) is 24.9 Å². The molecule has 0 aromatic carbocycles. The second-order valence-electron chi connectivity index (χ2n) is 3.24. The summed E-state index contributed by atoms with van der Waals surface area (Å²) in [5.74, 6) is 0.369. The molecule has 0 atom stereocenters. The molecular weight excluding hydrogens is 239 g/mol. The molecule has 8 heteroatoms. The summed E-state index contributed by atoms with van der Waals surface area (Å²) in [6, 6.07) is 1.62. The molecule has 2 aromatic rings. The van der Waals surface area contributed by atoms with Crippen LogP contribution in [0.2, 0.25) is 0 Å². The monoisotopic (exact) mass is 247 g/mol. The number of alkyl halides is 3. The molecule has 17 heavy (non-hydrogen) atoms. The Balaban J connectivity index is 1.91. The van der Waals surface area contributed by atoms with Crippen molar-refractivity contribution in [3.63, 3.8) is 0 Å². The molecule has 0 fully saturated rings. The number of halogens is 3. The van der Waals surface area contributed by atoms with E-state index in [9.17, 15) is 13.2 Å². The number of nitrogens with zero attached hydrogens (tertiary/aromatic N) is 2. The smallest absolute Gasteiger partial charge is 0.401 e. The second kappa shape index (κ2) is 4.58. The van der Waals surface area contributed by atoms with Crippen LogP contribution in [0, 0.1) is 0 Å². The number of hydrogen-bond acceptors (Lipinski definition) is 5. The topological polar surface area (TPSA) is 64.1 Å². The van der Waals surface area contributed by atoms with Gasteiger partial charge in [-0.3, -0.25) is 0 Å². The zero-order valence-electron chi connectivity index (χ0n) is 8.49. The number of rotatable bonds is 4. The van der Waals surface area contributed by atoms with Gasteiger partial charge in [-0.25, -0.2) is 0 Å². The molecule has 0 saturated heterocycles. The lowest BCUT2D eigenvalue weighted by Crippen LogP contribution is -2.28. The average molecular weight is 247 g/mol. The fourth-order valence-corrected chi connectivity index (χ4v) is 1.15. The van der Waals surface area contributed by atoms with E-state index in [0.717, 1.165) is 0 Å². The predicted octanol–water partition coefficient (Wildman–Crippen LogP) is 1.98. The van der Waals surface area contributed by atoms with E-state index in [-0.39, 0.29) is 18.3 Å². The Hall–Kier alpha value is -1.83. The third-order valence-electron chi connectivity index (χ3n) is 1.85. The zero-order valence-corrected chi connectivity index (χ0v) is 8.49. The minimum atomic E-state index is -4.26. The summed E-state index contributed by atoms with van der Waals surface area (Å²) in [4.78, 5) is 3.90. The molecule has 0 spiro atoms. The maximum absolute atomic E-state index is 11.8. The third kappa shape index (κ3) is 3.31. The van der Waals surface area contributed by atoms with Gasteiger partial charge >= 0.3 is 6.18 Å². The molecule has 0 radical (unpaired) electrons. The van der Waals surface area contributed by atoms with Gasteiger partial charge in [0.25, 0.3) is 0 Å². The molecule has 0 bridgehead atoms. The van der Waals surface area contributed by atoms with Crippen LogP contribution in [0.15, 0.2) is 27.5 Å². The maximum atomic E-state index is 11.8. The Morgan fingerprint density at radius 2 is 2.18 bits per heavy atom. The zero-order chi connectivity index (χ0) is 12.3. The van der Waals surface area contributed by atoms with Gasteiger partial charge < -0.3 is 14.3 Å². The van der Waals surface area contributed by atoms with Crippen LogP contribution >= 0.6 is 0 Å². The van der Waals surface area contributed by atoms with Crippen LogP contribution in [0.3, 0.4) is 0 Å². The Kier molecular flexibility index (Phi) is 3.14. The highest BCUT2D eigenvalue weighted by atomic mass is 19.4. The van der Waals surface area contributed by atoms with Crippen molar-refractivity contribution in [3.05, 3.63) is 24.5 Å². The molecule has 0 saturated carbocycles. The van der Waals surface area contributed by atoms with Crippen LogP contribution in [0.1, 0.15) is 5.89 Å². The van der Waals surface area contributed by atoms with Crippen molar-refractivity contribution in [1.29, 1.82) is 0 Å². The standard InChI is InChI=1S/C9H8F3N3O2/c10-9(11,12)5-13-3-7-14-8(15-17-7)6-1-2-16-4-6/h1-2,4,13H,3,5H2. The van der Waals surface area contributed by atoms with Crippen LogP contribution in [0.25, 0.3) is 11.4 Å². The molecule has 0 aliphatic heterocycles. The summed E-state index contributed by atoms with van der Waals surface area (Å²) in [7, 11) is 0. The Bertz CT molecular complexity index is 464. The molecule has 5 nitrogen and oxygen atoms in total. The first-order chi connectivity index (χ1) is 8.04. The molecule has 92 valence electrons. The third-order valence-corrected chi connectivity index (χ3v) is 1.85. The van der Waals surface area contributed by atoms with Crippen LogP contribution in [0.5, 0.6) is 0 Å². The van der Waals surface area contributed by atoms with Crippen LogP contribution in [0.4, 0.5) is 13.2 Å². The molecule has 0 aliphatic rings. The first kappa shape index (κ1) is 11.6. The number of hydrogen-bond donors (Lipinski definition) is 1. The van der Waals surface area contributed by atoms with Gasteiger partial charge in [-0.2, -0.15) is 18.2 Å². The molecule has 2 rings (SSSR count). The number of nitrogens with one attached hydrogen (secondary N) is 1. The molecule has 0 aliphatic carbocycles. The first-order valence-corrected chi connectivity index (χ1v) is 4.67. The van der Waals surface area contributed by atoms with Crippen molar-refractivity contribution < 1.29 is 22.1 Å². The van der Waals surface area contributed by atoms with E-state index in [1.165, 1.54) is 12.5 Å². The minimum Gasteiger partial charge on any atom is -0.472 e. The van der Waals surface area contributed by atoms with Crippen molar-refractivity contribution in [2.75, 3.05) is 6.54 Å². The van der Waals surface area contributed by atoms with E-state index in [0.29, 0.717) is 5.56 Å². The lowest BCUT2D eigenvalue weighted by molar-refractivity contribution is -0.125. The van der Waals surface area contributed by atoms with Gasteiger partial charge in [-0.1, -0.05) is 5.16 Å². The van der Waals surface area contributed by atoms with E-state index in [2.05, 4.69) is 15.5 Å². The largest absolute Gasteiger partial charge is 0.472 e. The molecule has 0 amide bonds. The number of furan rings is 1. The lowest BCUT2D eigenvalue weighted by atomic mass is 10.3. The highest BCUT2D eigenvalue weighted by Gasteiger charge is 2.26. The Morgan fingerprint density at radius 1 is 1.35 bits per heavy atom. The highest BCUT2D eigenvalue weighted by molar-refractivity contribution is 5.51. The lowest BCUT2D eigenvalue weighted by Gasteiger charge is -2.05. The van der Waals surface area contributed by atoms with Crippen LogP contribution < -0.4 is 5.32 Å². The van der Waals surface area contributed by atoms with Gasteiger partial charge in [0.1, 0.15) is 6.26 Å². The van der Waals surface area contributed by atoms with E-state index in [4.69, 9.17) is 8.94 Å². The highest BCUT2D eigenvalue weighted by Crippen LogP contribution is 2.16. The van der Waals surface area contributed by atoms with E-state index in [1.54, 1.807) is 6.07 Å². The van der Waals surface area contributed by atoms with Crippen molar-refractivity contribution >= 4 is 0 Å². The fourth-order valence-electron chi connectivity index (χ4n) is 1.15. The van der Waals surface area contributed by atoms with Crippen molar-refractivity contribution in [3.8, 4) is 11.4 Å². The Morgan fingerprint density at radius 3 is 2.82 bits per heavy atom. The summed E-state index contributed by atoms with van der Waals surface area (Å²) >= 11 is 0. The average Bonchev–Trinajstić information content (AvgIpc) is 2.83. The van der Waals surface area contributed by atoms with Crippen molar-refractivity contribution in [1.82, 2.24) is 15.5 Å². The molecule has 1 N–H and O–H groups in total. The number of aromatic nitrogens is 2. The predicted molar refractivity (Wildman–Crippen MR) is 49.8 cm³/mol. The summed E-state index contributed by atoms with van der Waals surface area (Å²) in [6.45, 7) is -1.24. The van der Waals surface area contributed by atoms with E-state index >= 15 is 0 Å². The fraction of sp³-hybridized carbons (Fsp3) is 0.333. The van der Waals surface area contributed by atoms with Crippen LogP contribution in [-0.2, 0) is 6.54 Å². The summed E-state index contributed by atoms with van der Waals surface area (Å²) in [6.07, 6.45) is -1.40. The molecule has 2 aromatic heterocycles. The van der Waals surface area contributed by atoms with Crippen molar-refractivity contribution in [2.24, 2.45) is 0 Å². The van der Waals surface area contributed by atoms with Gasteiger partial charge in [0, 0.05) is 0 Å². The van der Waals surface area contributed by atoms with E-state index < -0.39 is 12.7 Å². The van der Waals surface area contributed by atoms with Gasteiger partial charge in [-0.05, 0) is 6.07 Å². The van der Waals surface area contributed by atoms with Gasteiger partial charge in [-0.15, -0.1) is 0 Å². The summed E-state index contributed by atoms with van der Waals surface area (Å²) < 4.78 is 45.1. The van der Waals surface area contributed by atoms with Crippen molar-refractivity contribution in [2.45, 2.75) is 12.7 Å². The van der Waals surface area contributed by atoms with E-state index in [1.807, 2.05) is 0 Å². The Labute approximate surface area is 93.6 Å². The van der Waals surface area contributed by atoms with Crippen LogP contribution in [-0.4, -0.2) is 22.9 Å². The molecule has 0 unspecified atom stereocenters. The molecular formula is C9H8F3N3O2. The SMILES string of the molecule is FC(F)(F)CNCc1nc(-c2ccoc2)no1. The summed E-state index contributed by atoms with van der Waals surface area (Å²) in [5.41, 5.74) is 0.607. The summed E-state index contributed by atoms with van der Waals surface area (Å²) in [5, 5.41) is 5.76. The first-order valence-electron chi connectivity index (χ1n) is 4.67. The minimum absolute atomic E-state index is 0.0884. The van der Waals surface area contributed by atoms with Gasteiger partial charge in [0.15, 0.2) is 0 Å².